The van der Waals surface area contributed by atoms with Gasteiger partial charge in [0.15, 0.2) is 0 Å². The summed E-state index contributed by atoms with van der Waals surface area (Å²) in [5, 5.41) is 1.19. The average Bonchev–Trinajstić information content (AvgIpc) is 2.93. The number of carbonyl (C=O) groups is 1. The van der Waals surface area contributed by atoms with Crippen LogP contribution in [0.3, 0.4) is 0 Å². The highest BCUT2D eigenvalue weighted by atomic mass is 16.2. The molecule has 2 aliphatic rings. The molecule has 2 fully saturated rings. The molecule has 1 aromatic heterocycles. The number of para-hydroxylation sites is 1. The second-order valence-electron chi connectivity index (χ2n) is 7.19. The SMILES string of the molecule is Cc1cn(C(=O)CC2CC3CCC(C2)N3C)c2ccccc12. The minimum atomic E-state index is 0.262. The van der Waals surface area contributed by atoms with Crippen molar-refractivity contribution in [2.45, 2.75) is 51.1 Å². The first kappa shape index (κ1) is 14.0. The summed E-state index contributed by atoms with van der Waals surface area (Å²) in [6.07, 6.45) is 7.72. The van der Waals surface area contributed by atoms with Crippen LogP contribution in [0.15, 0.2) is 30.5 Å². The summed E-state index contributed by atoms with van der Waals surface area (Å²) >= 11 is 0. The topological polar surface area (TPSA) is 25.2 Å². The molecule has 0 radical (unpaired) electrons. The number of hydrogen-bond donors (Lipinski definition) is 0. The summed E-state index contributed by atoms with van der Waals surface area (Å²) in [5.74, 6) is 0.820. The van der Waals surface area contributed by atoms with E-state index < -0.39 is 0 Å². The van der Waals surface area contributed by atoms with Crippen molar-refractivity contribution in [3.8, 4) is 0 Å². The van der Waals surface area contributed by atoms with Crippen LogP contribution in [0.4, 0.5) is 0 Å². The first-order chi connectivity index (χ1) is 10.6. The molecule has 22 heavy (non-hydrogen) atoms. The molecule has 0 spiro atoms. The number of benzene rings is 1. The first-order valence-electron chi connectivity index (χ1n) is 8.45. The lowest BCUT2D eigenvalue weighted by Crippen LogP contribution is -2.40. The lowest BCUT2D eigenvalue weighted by Gasteiger charge is -2.36. The molecular formula is C19H24N2O. The molecular weight excluding hydrogens is 272 g/mol. The first-order valence-corrected chi connectivity index (χ1v) is 8.45. The monoisotopic (exact) mass is 296 g/mol. The van der Waals surface area contributed by atoms with Gasteiger partial charge in [-0.15, -0.1) is 0 Å². The van der Waals surface area contributed by atoms with Crippen molar-refractivity contribution in [2.75, 3.05) is 7.05 Å². The zero-order chi connectivity index (χ0) is 15.3. The maximum atomic E-state index is 12.8. The van der Waals surface area contributed by atoms with Gasteiger partial charge in [0.2, 0.25) is 5.91 Å². The van der Waals surface area contributed by atoms with E-state index in [1.807, 2.05) is 22.9 Å². The predicted octanol–water partition coefficient (Wildman–Crippen LogP) is 3.85. The zero-order valence-corrected chi connectivity index (χ0v) is 13.5. The third-order valence-corrected chi connectivity index (χ3v) is 5.84. The van der Waals surface area contributed by atoms with E-state index in [4.69, 9.17) is 0 Å². The van der Waals surface area contributed by atoms with Gasteiger partial charge in [-0.2, -0.15) is 0 Å². The van der Waals surface area contributed by atoms with Gasteiger partial charge in [0, 0.05) is 30.1 Å². The number of nitrogens with zero attached hydrogens (tertiary/aromatic N) is 2. The fraction of sp³-hybridized carbons (Fsp3) is 0.526. The van der Waals surface area contributed by atoms with Gasteiger partial charge in [-0.25, -0.2) is 0 Å². The van der Waals surface area contributed by atoms with Crippen molar-refractivity contribution < 1.29 is 4.79 Å². The normalized spacial score (nSPS) is 28.4. The Morgan fingerprint density at radius 1 is 1.18 bits per heavy atom. The Kier molecular flexibility index (Phi) is 3.33. The molecule has 0 aliphatic carbocycles. The van der Waals surface area contributed by atoms with Gasteiger partial charge in [0.25, 0.3) is 0 Å². The molecule has 0 N–H and O–H groups in total. The molecule has 2 unspecified atom stereocenters. The highest BCUT2D eigenvalue weighted by Crippen LogP contribution is 2.39. The van der Waals surface area contributed by atoms with E-state index in [0.717, 1.165) is 5.52 Å². The standard InChI is InChI=1S/C19H24N2O/c1-13-12-21(18-6-4-3-5-17(13)18)19(22)11-14-9-15-7-8-16(10-14)20(15)2/h3-6,12,14-16H,7-11H2,1-2H3. The molecule has 3 nitrogen and oxygen atoms in total. The van der Waals surface area contributed by atoms with Crippen LogP contribution in [0.2, 0.25) is 0 Å². The summed E-state index contributed by atoms with van der Waals surface area (Å²) in [6.45, 7) is 2.09. The summed E-state index contributed by atoms with van der Waals surface area (Å²) in [4.78, 5) is 15.3. The number of aryl methyl sites for hydroxylation is 1. The molecule has 2 bridgehead atoms. The van der Waals surface area contributed by atoms with Gasteiger partial charge in [-0.1, -0.05) is 18.2 Å². The molecule has 1 aromatic carbocycles. The highest BCUT2D eigenvalue weighted by molar-refractivity contribution is 5.94. The van der Waals surface area contributed by atoms with Crippen LogP contribution in [0.1, 0.15) is 42.5 Å². The number of carbonyl (C=O) groups excluding carboxylic acids is 1. The molecule has 2 atom stereocenters. The van der Waals surface area contributed by atoms with E-state index >= 15 is 0 Å². The number of piperidine rings is 1. The Balaban J connectivity index is 1.55. The quantitative estimate of drug-likeness (QED) is 0.841. The molecule has 2 aliphatic heterocycles. The number of hydrogen-bond acceptors (Lipinski definition) is 2. The van der Waals surface area contributed by atoms with E-state index in [0.29, 0.717) is 24.4 Å². The van der Waals surface area contributed by atoms with Crippen molar-refractivity contribution in [2.24, 2.45) is 5.92 Å². The molecule has 2 saturated heterocycles. The Bertz CT molecular complexity index is 703. The van der Waals surface area contributed by atoms with Crippen molar-refractivity contribution >= 4 is 16.8 Å². The minimum Gasteiger partial charge on any atom is -0.300 e. The van der Waals surface area contributed by atoms with Crippen LogP contribution in [0.5, 0.6) is 0 Å². The lowest BCUT2D eigenvalue weighted by atomic mass is 9.88. The van der Waals surface area contributed by atoms with E-state index in [1.54, 1.807) is 0 Å². The van der Waals surface area contributed by atoms with Gasteiger partial charge in [0.05, 0.1) is 5.52 Å². The predicted molar refractivity (Wildman–Crippen MR) is 89.2 cm³/mol. The third-order valence-electron chi connectivity index (χ3n) is 5.84. The summed E-state index contributed by atoms with van der Waals surface area (Å²) < 4.78 is 1.88. The lowest BCUT2D eigenvalue weighted by molar-refractivity contribution is 0.0811. The zero-order valence-electron chi connectivity index (χ0n) is 13.5. The van der Waals surface area contributed by atoms with Crippen LogP contribution in [-0.4, -0.2) is 34.5 Å². The molecule has 2 aromatic rings. The second kappa shape index (κ2) is 5.24. The van der Waals surface area contributed by atoms with Gasteiger partial charge in [-0.05, 0) is 57.2 Å². The minimum absolute atomic E-state index is 0.262. The Labute approximate surface area is 131 Å². The highest BCUT2D eigenvalue weighted by Gasteiger charge is 2.38. The molecule has 3 heterocycles. The van der Waals surface area contributed by atoms with Gasteiger partial charge >= 0.3 is 0 Å². The smallest absolute Gasteiger partial charge is 0.231 e. The second-order valence-corrected chi connectivity index (χ2v) is 7.19. The van der Waals surface area contributed by atoms with Crippen LogP contribution >= 0.6 is 0 Å². The van der Waals surface area contributed by atoms with E-state index in [1.165, 1.54) is 36.6 Å². The van der Waals surface area contributed by atoms with Gasteiger partial charge in [-0.3, -0.25) is 9.36 Å². The van der Waals surface area contributed by atoms with E-state index in [-0.39, 0.29) is 5.91 Å². The molecule has 4 rings (SSSR count). The Morgan fingerprint density at radius 3 is 2.59 bits per heavy atom. The maximum absolute atomic E-state index is 12.8. The van der Waals surface area contributed by atoms with Crippen LogP contribution < -0.4 is 0 Å². The van der Waals surface area contributed by atoms with Crippen molar-refractivity contribution in [3.05, 3.63) is 36.0 Å². The van der Waals surface area contributed by atoms with Crippen LogP contribution in [0, 0.1) is 12.8 Å². The summed E-state index contributed by atoms with van der Waals surface area (Å²) in [7, 11) is 2.25. The van der Waals surface area contributed by atoms with Gasteiger partial charge in [0.1, 0.15) is 0 Å². The number of fused-ring (bicyclic) bond motifs is 3. The van der Waals surface area contributed by atoms with E-state index in [9.17, 15) is 4.79 Å². The fourth-order valence-corrected chi connectivity index (χ4v) is 4.59. The Hall–Kier alpha value is -1.61. The van der Waals surface area contributed by atoms with Crippen molar-refractivity contribution in [1.82, 2.24) is 9.47 Å². The van der Waals surface area contributed by atoms with Crippen LogP contribution in [-0.2, 0) is 0 Å². The van der Waals surface area contributed by atoms with Crippen molar-refractivity contribution in [1.29, 1.82) is 0 Å². The van der Waals surface area contributed by atoms with Crippen molar-refractivity contribution in [3.63, 3.8) is 0 Å². The largest absolute Gasteiger partial charge is 0.300 e. The maximum Gasteiger partial charge on any atom is 0.231 e. The summed E-state index contributed by atoms with van der Waals surface area (Å²) in [5.41, 5.74) is 2.24. The van der Waals surface area contributed by atoms with Crippen LogP contribution in [0.25, 0.3) is 10.9 Å². The number of rotatable bonds is 2. The Morgan fingerprint density at radius 2 is 1.86 bits per heavy atom. The molecule has 0 saturated carbocycles. The summed E-state index contributed by atoms with van der Waals surface area (Å²) in [6, 6.07) is 9.63. The molecule has 116 valence electrons. The van der Waals surface area contributed by atoms with Gasteiger partial charge < -0.3 is 4.90 Å². The fourth-order valence-electron chi connectivity index (χ4n) is 4.59. The number of aromatic nitrogens is 1. The molecule has 3 heteroatoms. The van der Waals surface area contributed by atoms with E-state index in [2.05, 4.69) is 31.0 Å². The molecule has 0 amide bonds. The average molecular weight is 296 g/mol. The third kappa shape index (κ3) is 2.19.